The molecule has 0 amide bonds. The van der Waals surface area contributed by atoms with Gasteiger partial charge in [-0.15, -0.1) is 0 Å². The van der Waals surface area contributed by atoms with E-state index in [1.807, 2.05) is 12.3 Å². The van der Waals surface area contributed by atoms with Crippen molar-refractivity contribution in [3.05, 3.63) is 22.8 Å². The molecule has 58 valence electrons. The lowest BCUT2D eigenvalue weighted by atomic mass is 10.3. The number of nitrogens with one attached hydrogen (secondary N) is 2. The van der Waals surface area contributed by atoms with Crippen molar-refractivity contribution in [2.45, 2.75) is 13.3 Å². The van der Waals surface area contributed by atoms with Gasteiger partial charge in [0.2, 0.25) is 0 Å². The fourth-order valence-electron chi connectivity index (χ4n) is 1.02. The van der Waals surface area contributed by atoms with Gasteiger partial charge >= 0.3 is 0 Å². The first-order chi connectivity index (χ1) is 5.38. The molecule has 1 rings (SSSR count). The van der Waals surface area contributed by atoms with Crippen LogP contribution in [0.2, 0.25) is 0 Å². The molecule has 0 radical (unpaired) electrons. The Balaban J connectivity index is 3.27. The van der Waals surface area contributed by atoms with Crippen molar-refractivity contribution in [2.24, 2.45) is 0 Å². The number of hydrogen-bond acceptors (Lipinski definition) is 1. The molecular weight excluding hydrogens is 136 g/mol. The molecule has 0 aliphatic heterocycles. The van der Waals surface area contributed by atoms with Crippen LogP contribution >= 0.6 is 0 Å². The summed E-state index contributed by atoms with van der Waals surface area (Å²) in [4.78, 5) is 3.05. The van der Waals surface area contributed by atoms with E-state index in [2.05, 4.69) is 18.0 Å². The molecule has 0 spiro atoms. The molecule has 1 heterocycles. The van der Waals surface area contributed by atoms with Crippen LogP contribution in [0.4, 0.5) is 0 Å². The molecule has 0 saturated heterocycles. The van der Waals surface area contributed by atoms with Crippen molar-refractivity contribution in [1.82, 2.24) is 4.98 Å². The zero-order valence-electron chi connectivity index (χ0n) is 6.59. The summed E-state index contributed by atoms with van der Waals surface area (Å²) in [6, 6.07) is 2.01. The van der Waals surface area contributed by atoms with Crippen molar-refractivity contribution in [3.63, 3.8) is 0 Å². The van der Waals surface area contributed by atoms with Gasteiger partial charge in [0.15, 0.2) is 0 Å². The van der Waals surface area contributed by atoms with Crippen LogP contribution in [0.5, 0.6) is 0 Å². The van der Waals surface area contributed by atoms with Crippen LogP contribution < -0.4 is 10.6 Å². The number of rotatable bonds is 2. The summed E-state index contributed by atoms with van der Waals surface area (Å²) in [5.41, 5.74) is 0. The molecule has 2 N–H and O–H groups in total. The summed E-state index contributed by atoms with van der Waals surface area (Å²) >= 11 is 0. The highest BCUT2D eigenvalue weighted by molar-refractivity contribution is 5.88. The quantitative estimate of drug-likeness (QED) is 0.578. The second-order valence-corrected chi connectivity index (χ2v) is 2.29. The Morgan fingerprint density at radius 3 is 3.09 bits per heavy atom. The van der Waals surface area contributed by atoms with E-state index in [1.54, 1.807) is 6.08 Å². The number of hydrogen-bond donors (Lipinski definition) is 2. The second kappa shape index (κ2) is 3.76. The van der Waals surface area contributed by atoms with Gasteiger partial charge in [-0.2, -0.15) is 0 Å². The SMILES string of the molecule is CC/C=c1/cc[nH]/c1=C/C=N. The molecule has 11 heavy (non-hydrogen) atoms. The van der Waals surface area contributed by atoms with E-state index < -0.39 is 0 Å². The van der Waals surface area contributed by atoms with E-state index >= 15 is 0 Å². The van der Waals surface area contributed by atoms with Crippen LogP contribution in [0.25, 0.3) is 12.2 Å². The third kappa shape index (κ3) is 1.80. The van der Waals surface area contributed by atoms with Gasteiger partial charge in [0, 0.05) is 17.8 Å². The first-order valence-electron chi connectivity index (χ1n) is 3.73. The van der Waals surface area contributed by atoms with Crippen molar-refractivity contribution >= 4 is 18.4 Å². The molecule has 0 aliphatic rings. The molecule has 0 saturated carbocycles. The zero-order chi connectivity index (χ0) is 8.10. The minimum Gasteiger partial charge on any atom is -0.361 e. The van der Waals surface area contributed by atoms with Crippen LogP contribution in [-0.2, 0) is 0 Å². The van der Waals surface area contributed by atoms with Gasteiger partial charge in [0.05, 0.1) is 0 Å². The van der Waals surface area contributed by atoms with Gasteiger partial charge in [-0.25, -0.2) is 0 Å². The molecule has 0 aliphatic carbocycles. The normalized spacial score (nSPS) is 13.9. The smallest absolute Gasteiger partial charge is 0.0465 e. The molecule has 0 atom stereocenters. The van der Waals surface area contributed by atoms with Gasteiger partial charge < -0.3 is 10.4 Å². The fourth-order valence-corrected chi connectivity index (χ4v) is 1.02. The van der Waals surface area contributed by atoms with Crippen molar-refractivity contribution < 1.29 is 0 Å². The maximum atomic E-state index is 6.89. The van der Waals surface area contributed by atoms with Gasteiger partial charge in [0.25, 0.3) is 0 Å². The van der Waals surface area contributed by atoms with E-state index in [1.165, 1.54) is 11.4 Å². The highest BCUT2D eigenvalue weighted by Gasteiger charge is 1.81. The summed E-state index contributed by atoms with van der Waals surface area (Å²) in [6.45, 7) is 2.10. The molecule has 0 bridgehead atoms. The summed E-state index contributed by atoms with van der Waals surface area (Å²) in [5, 5.41) is 9.09. The van der Waals surface area contributed by atoms with Crippen LogP contribution in [0.1, 0.15) is 13.3 Å². The zero-order valence-corrected chi connectivity index (χ0v) is 6.59. The Kier molecular flexibility index (Phi) is 2.66. The van der Waals surface area contributed by atoms with E-state index in [0.717, 1.165) is 11.8 Å². The largest absolute Gasteiger partial charge is 0.361 e. The van der Waals surface area contributed by atoms with Crippen LogP contribution in [0.15, 0.2) is 12.3 Å². The number of aromatic amines is 1. The molecule has 2 heteroatoms. The molecular formula is C9H12N2. The van der Waals surface area contributed by atoms with Crippen LogP contribution in [-0.4, -0.2) is 11.2 Å². The Morgan fingerprint density at radius 1 is 1.64 bits per heavy atom. The highest BCUT2D eigenvalue weighted by atomic mass is 14.6. The monoisotopic (exact) mass is 148 g/mol. The predicted molar refractivity (Wildman–Crippen MR) is 48.0 cm³/mol. The van der Waals surface area contributed by atoms with Gasteiger partial charge in [-0.3, -0.25) is 0 Å². The van der Waals surface area contributed by atoms with E-state index in [4.69, 9.17) is 5.41 Å². The summed E-state index contributed by atoms with van der Waals surface area (Å²) in [7, 11) is 0. The Labute approximate surface area is 65.8 Å². The third-order valence-electron chi connectivity index (χ3n) is 1.49. The summed E-state index contributed by atoms with van der Waals surface area (Å²) in [6.07, 6.45) is 8.08. The first-order valence-corrected chi connectivity index (χ1v) is 3.73. The van der Waals surface area contributed by atoms with Crippen LogP contribution in [0.3, 0.4) is 0 Å². The minimum absolute atomic E-state index is 1.02. The highest BCUT2D eigenvalue weighted by Crippen LogP contribution is 1.73. The van der Waals surface area contributed by atoms with Gasteiger partial charge in [-0.1, -0.05) is 13.0 Å². The first kappa shape index (κ1) is 7.79. The van der Waals surface area contributed by atoms with Crippen molar-refractivity contribution in [1.29, 1.82) is 5.41 Å². The average Bonchev–Trinajstić information content (AvgIpc) is 2.39. The minimum atomic E-state index is 1.02. The summed E-state index contributed by atoms with van der Waals surface area (Å²) < 4.78 is 0. The van der Waals surface area contributed by atoms with Crippen molar-refractivity contribution in [3.8, 4) is 0 Å². The molecule has 0 unspecified atom stereocenters. The molecule has 2 nitrogen and oxygen atoms in total. The van der Waals surface area contributed by atoms with Gasteiger partial charge in [-0.05, 0) is 23.8 Å². The Bertz CT molecular complexity index is 333. The third-order valence-corrected chi connectivity index (χ3v) is 1.49. The second-order valence-electron chi connectivity index (χ2n) is 2.29. The lowest BCUT2D eigenvalue weighted by Crippen LogP contribution is -2.21. The standard InChI is InChI=1S/C9H12N2/c1-2-3-8-5-7-11-9(8)4-6-10/h3-7,10-11H,2H2,1H3/b8-3-,9-4+,10-6?. The number of H-pyrrole nitrogens is 1. The van der Waals surface area contributed by atoms with Crippen molar-refractivity contribution in [2.75, 3.05) is 0 Å². The summed E-state index contributed by atoms with van der Waals surface area (Å²) in [5.74, 6) is 0. The van der Waals surface area contributed by atoms with Gasteiger partial charge in [0.1, 0.15) is 0 Å². The lowest BCUT2D eigenvalue weighted by molar-refractivity contribution is 1.27. The molecule has 1 aromatic heterocycles. The van der Waals surface area contributed by atoms with E-state index in [9.17, 15) is 0 Å². The molecule has 0 fully saturated rings. The maximum absolute atomic E-state index is 6.89. The average molecular weight is 148 g/mol. The number of aromatic nitrogens is 1. The lowest BCUT2D eigenvalue weighted by Gasteiger charge is -1.77. The molecule has 1 aromatic rings. The molecule has 0 aromatic carbocycles. The maximum Gasteiger partial charge on any atom is 0.0465 e. The van der Waals surface area contributed by atoms with E-state index in [-0.39, 0.29) is 0 Å². The Hall–Kier alpha value is -1.31. The van der Waals surface area contributed by atoms with E-state index in [0.29, 0.717) is 0 Å². The topological polar surface area (TPSA) is 39.6 Å². The van der Waals surface area contributed by atoms with Crippen LogP contribution in [0, 0.1) is 5.41 Å². The Morgan fingerprint density at radius 2 is 2.45 bits per heavy atom. The fraction of sp³-hybridized carbons (Fsp3) is 0.222. The predicted octanol–water partition coefficient (Wildman–Crippen LogP) is 0.635.